The van der Waals surface area contributed by atoms with Gasteiger partial charge in [-0.3, -0.25) is 4.98 Å². The van der Waals surface area contributed by atoms with E-state index in [-0.39, 0.29) is 6.61 Å². The maximum atomic E-state index is 8.35. The van der Waals surface area contributed by atoms with Crippen molar-refractivity contribution in [2.24, 2.45) is 0 Å². The Morgan fingerprint density at radius 3 is 2.91 bits per heavy atom. The monoisotopic (exact) mass is 147 g/mol. The van der Waals surface area contributed by atoms with Crippen molar-refractivity contribution in [2.45, 2.75) is 6.42 Å². The van der Waals surface area contributed by atoms with Crippen molar-refractivity contribution in [2.75, 3.05) is 6.61 Å². The minimum atomic E-state index is -0.0766. The highest BCUT2D eigenvalue weighted by molar-refractivity contribution is 5.12. The molecule has 0 unspecified atom stereocenters. The molecule has 1 N–H and O–H groups in total. The Bertz CT molecular complexity index is 258. The minimum absolute atomic E-state index is 0.0766. The number of nitrogens with zero attached hydrogens (tertiary/aromatic N) is 1. The van der Waals surface area contributed by atoms with E-state index < -0.39 is 0 Å². The zero-order chi connectivity index (χ0) is 7.94. The first-order valence-electron chi connectivity index (χ1n) is 3.40. The first-order chi connectivity index (χ1) is 5.43. The van der Waals surface area contributed by atoms with Gasteiger partial charge in [-0.05, 0) is 12.1 Å². The SMILES string of the molecule is OCC#CCc1ccccn1. The third-order valence-corrected chi connectivity index (χ3v) is 1.20. The Labute approximate surface area is 65.9 Å². The molecule has 0 aliphatic carbocycles. The predicted octanol–water partition coefficient (Wildman–Crippen LogP) is 0.620. The maximum absolute atomic E-state index is 8.35. The molecule has 0 aliphatic heterocycles. The summed E-state index contributed by atoms with van der Waals surface area (Å²) < 4.78 is 0. The number of pyridine rings is 1. The van der Waals surface area contributed by atoms with Gasteiger partial charge in [-0.1, -0.05) is 17.9 Å². The quantitative estimate of drug-likeness (QED) is 0.591. The molecule has 0 bridgehead atoms. The van der Waals surface area contributed by atoms with E-state index in [9.17, 15) is 0 Å². The lowest BCUT2D eigenvalue weighted by molar-refractivity contribution is 0.350. The summed E-state index contributed by atoms with van der Waals surface area (Å²) in [5.41, 5.74) is 0.938. The van der Waals surface area contributed by atoms with Gasteiger partial charge in [0.15, 0.2) is 0 Å². The van der Waals surface area contributed by atoms with Gasteiger partial charge in [-0.15, -0.1) is 0 Å². The Hall–Kier alpha value is -1.33. The van der Waals surface area contributed by atoms with Gasteiger partial charge in [0.05, 0.1) is 12.1 Å². The lowest BCUT2D eigenvalue weighted by Crippen LogP contribution is -1.85. The van der Waals surface area contributed by atoms with Crippen LogP contribution >= 0.6 is 0 Å². The molecule has 0 aliphatic rings. The van der Waals surface area contributed by atoms with Crippen molar-refractivity contribution in [3.8, 4) is 11.8 Å². The molecule has 11 heavy (non-hydrogen) atoms. The number of hydrogen-bond donors (Lipinski definition) is 1. The second kappa shape index (κ2) is 4.48. The largest absolute Gasteiger partial charge is 0.384 e. The second-order valence-corrected chi connectivity index (χ2v) is 2.01. The zero-order valence-electron chi connectivity index (χ0n) is 6.12. The highest BCUT2D eigenvalue weighted by atomic mass is 16.2. The summed E-state index contributed by atoms with van der Waals surface area (Å²) in [6.45, 7) is -0.0766. The molecule has 0 amide bonds. The smallest absolute Gasteiger partial charge is 0.104 e. The second-order valence-electron chi connectivity index (χ2n) is 2.01. The van der Waals surface area contributed by atoms with Gasteiger partial charge in [0.2, 0.25) is 0 Å². The fourth-order valence-corrected chi connectivity index (χ4v) is 0.712. The van der Waals surface area contributed by atoms with Crippen LogP contribution in [0.25, 0.3) is 0 Å². The standard InChI is InChI=1S/C9H9NO/c11-8-4-2-6-9-5-1-3-7-10-9/h1,3,5,7,11H,6,8H2. The fraction of sp³-hybridized carbons (Fsp3) is 0.222. The van der Waals surface area contributed by atoms with Crippen LogP contribution < -0.4 is 0 Å². The molecule has 0 saturated carbocycles. The molecule has 1 heterocycles. The molecule has 0 aromatic carbocycles. The van der Waals surface area contributed by atoms with Gasteiger partial charge in [-0.25, -0.2) is 0 Å². The van der Waals surface area contributed by atoms with Crippen molar-refractivity contribution >= 4 is 0 Å². The van der Waals surface area contributed by atoms with Crippen LogP contribution in [0, 0.1) is 11.8 Å². The number of aromatic nitrogens is 1. The van der Waals surface area contributed by atoms with Crippen molar-refractivity contribution in [1.29, 1.82) is 0 Å². The molecule has 0 spiro atoms. The summed E-state index contributed by atoms with van der Waals surface area (Å²) in [5, 5.41) is 8.35. The number of hydrogen-bond acceptors (Lipinski definition) is 2. The molecular weight excluding hydrogens is 138 g/mol. The van der Waals surface area contributed by atoms with Crippen LogP contribution in [0.15, 0.2) is 24.4 Å². The molecule has 56 valence electrons. The van der Waals surface area contributed by atoms with Gasteiger partial charge >= 0.3 is 0 Å². The summed E-state index contributed by atoms with van der Waals surface area (Å²) in [5.74, 6) is 5.35. The topological polar surface area (TPSA) is 33.1 Å². The Morgan fingerprint density at radius 2 is 2.27 bits per heavy atom. The van der Waals surface area contributed by atoms with Crippen molar-refractivity contribution < 1.29 is 5.11 Å². The molecule has 0 atom stereocenters. The van der Waals surface area contributed by atoms with E-state index in [1.54, 1.807) is 6.20 Å². The van der Waals surface area contributed by atoms with Gasteiger partial charge in [-0.2, -0.15) is 0 Å². The molecule has 0 fully saturated rings. The Balaban J connectivity index is 2.52. The van der Waals surface area contributed by atoms with E-state index in [0.29, 0.717) is 6.42 Å². The van der Waals surface area contributed by atoms with E-state index in [1.165, 1.54) is 0 Å². The third kappa shape index (κ3) is 2.83. The van der Waals surface area contributed by atoms with Gasteiger partial charge in [0, 0.05) is 6.20 Å². The van der Waals surface area contributed by atoms with Crippen LogP contribution in [0.3, 0.4) is 0 Å². The van der Waals surface area contributed by atoms with Crippen molar-refractivity contribution in [1.82, 2.24) is 4.98 Å². The van der Waals surface area contributed by atoms with Crippen molar-refractivity contribution in [3.05, 3.63) is 30.1 Å². The minimum Gasteiger partial charge on any atom is -0.384 e. The first kappa shape index (κ1) is 7.77. The van der Waals surface area contributed by atoms with Crippen LogP contribution in [-0.2, 0) is 6.42 Å². The van der Waals surface area contributed by atoms with E-state index in [0.717, 1.165) is 5.69 Å². The van der Waals surface area contributed by atoms with Gasteiger partial charge in [0.1, 0.15) is 6.61 Å². The summed E-state index contributed by atoms with van der Waals surface area (Å²) in [7, 11) is 0. The molecule has 0 radical (unpaired) electrons. The summed E-state index contributed by atoms with van der Waals surface area (Å²) in [6, 6.07) is 5.69. The van der Waals surface area contributed by atoms with Crippen LogP contribution in [0.5, 0.6) is 0 Å². The summed E-state index contributed by atoms with van der Waals surface area (Å²) in [4.78, 5) is 4.07. The lowest BCUT2D eigenvalue weighted by Gasteiger charge is -1.89. The van der Waals surface area contributed by atoms with Crippen molar-refractivity contribution in [3.63, 3.8) is 0 Å². The van der Waals surface area contributed by atoms with E-state index >= 15 is 0 Å². The van der Waals surface area contributed by atoms with Crippen LogP contribution in [0.2, 0.25) is 0 Å². The number of rotatable bonds is 1. The maximum Gasteiger partial charge on any atom is 0.104 e. The van der Waals surface area contributed by atoms with Crippen LogP contribution in [0.1, 0.15) is 5.69 Å². The Morgan fingerprint density at radius 1 is 1.36 bits per heavy atom. The molecule has 1 aromatic rings. The van der Waals surface area contributed by atoms with E-state index in [1.807, 2.05) is 18.2 Å². The average Bonchev–Trinajstić information content (AvgIpc) is 2.07. The third-order valence-electron chi connectivity index (χ3n) is 1.20. The highest BCUT2D eigenvalue weighted by Crippen LogP contribution is 1.92. The molecule has 1 aromatic heterocycles. The van der Waals surface area contributed by atoms with Gasteiger partial charge in [0.25, 0.3) is 0 Å². The van der Waals surface area contributed by atoms with Crippen LogP contribution in [-0.4, -0.2) is 16.7 Å². The molecule has 1 rings (SSSR count). The molecular formula is C9H9NO. The number of aliphatic hydroxyl groups excluding tert-OH is 1. The van der Waals surface area contributed by atoms with Gasteiger partial charge < -0.3 is 5.11 Å². The number of aliphatic hydroxyl groups is 1. The first-order valence-corrected chi connectivity index (χ1v) is 3.40. The lowest BCUT2D eigenvalue weighted by atomic mass is 10.3. The van der Waals surface area contributed by atoms with E-state index in [2.05, 4.69) is 16.8 Å². The molecule has 2 heteroatoms. The molecule has 2 nitrogen and oxygen atoms in total. The fourth-order valence-electron chi connectivity index (χ4n) is 0.712. The predicted molar refractivity (Wildman–Crippen MR) is 42.8 cm³/mol. The summed E-state index contributed by atoms with van der Waals surface area (Å²) in [6.07, 6.45) is 2.34. The van der Waals surface area contributed by atoms with E-state index in [4.69, 9.17) is 5.11 Å². The van der Waals surface area contributed by atoms with Crippen LogP contribution in [0.4, 0.5) is 0 Å². The Kier molecular flexibility index (Phi) is 3.17. The molecule has 0 saturated heterocycles. The zero-order valence-corrected chi connectivity index (χ0v) is 6.12. The normalized spacial score (nSPS) is 8.45. The summed E-state index contributed by atoms with van der Waals surface area (Å²) >= 11 is 0. The highest BCUT2D eigenvalue weighted by Gasteiger charge is 1.85. The average molecular weight is 147 g/mol.